The van der Waals surface area contributed by atoms with Gasteiger partial charge in [-0.05, 0) is 12.1 Å². The Morgan fingerprint density at radius 1 is 1.31 bits per heavy atom. The molecular formula is C11H8Cl2NOS. The van der Waals surface area contributed by atoms with E-state index < -0.39 is 0 Å². The molecule has 1 radical (unpaired) electrons. The SMILES string of the molecule is OCCc1s[c]nc1-c1ccc(Cl)c(Cl)c1. The third kappa shape index (κ3) is 2.38. The average Bonchev–Trinajstić information content (AvgIpc) is 2.71. The van der Waals surface area contributed by atoms with E-state index in [9.17, 15) is 0 Å². The van der Waals surface area contributed by atoms with Crippen molar-refractivity contribution >= 4 is 34.5 Å². The van der Waals surface area contributed by atoms with Crippen LogP contribution in [-0.2, 0) is 6.42 Å². The fourth-order valence-electron chi connectivity index (χ4n) is 1.37. The van der Waals surface area contributed by atoms with Gasteiger partial charge in [-0.15, -0.1) is 11.3 Å². The average molecular weight is 273 g/mol. The molecule has 1 aromatic heterocycles. The Labute approximate surface area is 107 Å². The monoisotopic (exact) mass is 272 g/mol. The predicted octanol–water partition coefficient (Wildman–Crippen LogP) is 3.45. The normalized spacial score (nSPS) is 10.7. The van der Waals surface area contributed by atoms with Gasteiger partial charge in [0.05, 0.1) is 15.7 Å². The van der Waals surface area contributed by atoms with E-state index in [2.05, 4.69) is 10.5 Å². The Hall–Kier alpha value is -0.610. The summed E-state index contributed by atoms with van der Waals surface area (Å²) in [6.07, 6.45) is 0.580. The quantitative estimate of drug-likeness (QED) is 0.929. The highest BCUT2D eigenvalue weighted by Gasteiger charge is 2.10. The van der Waals surface area contributed by atoms with Crippen molar-refractivity contribution in [3.8, 4) is 11.3 Å². The Balaban J connectivity index is 2.42. The molecule has 0 aliphatic rings. The molecule has 16 heavy (non-hydrogen) atoms. The number of aliphatic hydroxyl groups excluding tert-OH is 1. The van der Waals surface area contributed by atoms with E-state index in [1.165, 1.54) is 11.3 Å². The van der Waals surface area contributed by atoms with E-state index in [1.807, 2.05) is 6.07 Å². The van der Waals surface area contributed by atoms with Gasteiger partial charge in [-0.1, -0.05) is 29.3 Å². The fraction of sp³-hybridized carbons (Fsp3) is 0.182. The van der Waals surface area contributed by atoms with Gasteiger partial charge in [-0.25, -0.2) is 4.98 Å². The van der Waals surface area contributed by atoms with E-state index in [1.54, 1.807) is 12.1 Å². The summed E-state index contributed by atoms with van der Waals surface area (Å²) in [7, 11) is 0. The summed E-state index contributed by atoms with van der Waals surface area (Å²) in [6.45, 7) is 0.102. The number of thiazole rings is 1. The standard InChI is InChI=1S/C11H8Cl2NOS/c12-8-2-1-7(5-9(8)13)11-10(3-4-15)16-6-14-11/h1-2,5,15H,3-4H2. The molecule has 2 aromatic rings. The zero-order valence-corrected chi connectivity index (χ0v) is 10.5. The van der Waals surface area contributed by atoms with Crippen molar-refractivity contribution in [2.45, 2.75) is 6.42 Å². The van der Waals surface area contributed by atoms with Gasteiger partial charge >= 0.3 is 0 Å². The molecule has 1 aromatic carbocycles. The minimum atomic E-state index is 0.102. The zero-order chi connectivity index (χ0) is 11.5. The van der Waals surface area contributed by atoms with E-state index in [-0.39, 0.29) is 6.61 Å². The first-order valence-corrected chi connectivity index (χ1v) is 6.21. The van der Waals surface area contributed by atoms with E-state index in [4.69, 9.17) is 28.3 Å². The lowest BCUT2D eigenvalue weighted by molar-refractivity contribution is 0.300. The topological polar surface area (TPSA) is 33.1 Å². The first-order chi connectivity index (χ1) is 7.72. The lowest BCUT2D eigenvalue weighted by atomic mass is 10.1. The molecule has 2 rings (SSSR count). The van der Waals surface area contributed by atoms with Crippen LogP contribution in [0.4, 0.5) is 0 Å². The maximum atomic E-state index is 8.93. The van der Waals surface area contributed by atoms with Crippen LogP contribution in [0.1, 0.15) is 4.88 Å². The summed E-state index contributed by atoms with van der Waals surface area (Å²) in [6, 6.07) is 5.37. The van der Waals surface area contributed by atoms with Crippen molar-refractivity contribution in [2.75, 3.05) is 6.61 Å². The van der Waals surface area contributed by atoms with Crippen molar-refractivity contribution < 1.29 is 5.11 Å². The number of halogens is 2. The van der Waals surface area contributed by atoms with Crippen LogP contribution in [0.2, 0.25) is 10.0 Å². The lowest BCUT2D eigenvalue weighted by Gasteiger charge is -2.02. The smallest absolute Gasteiger partial charge is 0.153 e. The summed E-state index contributed by atoms with van der Waals surface area (Å²) in [5.41, 5.74) is 4.54. The van der Waals surface area contributed by atoms with Crippen LogP contribution in [0.3, 0.4) is 0 Å². The maximum absolute atomic E-state index is 8.93. The third-order valence-electron chi connectivity index (χ3n) is 2.12. The largest absolute Gasteiger partial charge is 0.396 e. The van der Waals surface area contributed by atoms with Crippen LogP contribution >= 0.6 is 34.5 Å². The first-order valence-electron chi connectivity index (χ1n) is 4.64. The van der Waals surface area contributed by atoms with Gasteiger partial charge in [0.25, 0.3) is 0 Å². The molecule has 0 aliphatic heterocycles. The molecule has 0 atom stereocenters. The third-order valence-corrected chi connectivity index (χ3v) is 3.69. The number of hydrogen-bond acceptors (Lipinski definition) is 3. The molecule has 2 nitrogen and oxygen atoms in total. The molecule has 0 amide bonds. The molecule has 1 N–H and O–H groups in total. The molecule has 1 heterocycles. The van der Waals surface area contributed by atoms with Crippen LogP contribution in [-0.4, -0.2) is 16.7 Å². The van der Waals surface area contributed by atoms with E-state index >= 15 is 0 Å². The van der Waals surface area contributed by atoms with Crippen molar-refractivity contribution in [3.05, 3.63) is 38.6 Å². The second-order valence-electron chi connectivity index (χ2n) is 3.18. The zero-order valence-electron chi connectivity index (χ0n) is 8.20. The number of hydrogen-bond donors (Lipinski definition) is 1. The summed E-state index contributed by atoms with van der Waals surface area (Å²) in [4.78, 5) is 5.16. The number of nitrogens with zero attached hydrogens (tertiary/aromatic N) is 1. The molecule has 0 bridgehead atoms. The van der Waals surface area contributed by atoms with Crippen LogP contribution in [0, 0.1) is 5.51 Å². The fourth-order valence-corrected chi connectivity index (χ4v) is 2.37. The summed E-state index contributed by atoms with van der Waals surface area (Å²) >= 11 is 13.2. The van der Waals surface area contributed by atoms with Crippen LogP contribution < -0.4 is 0 Å². The maximum Gasteiger partial charge on any atom is 0.153 e. The predicted molar refractivity (Wildman–Crippen MR) is 67.2 cm³/mol. The van der Waals surface area contributed by atoms with Crippen molar-refractivity contribution in [1.82, 2.24) is 4.98 Å². The number of aromatic nitrogens is 1. The van der Waals surface area contributed by atoms with Crippen molar-refractivity contribution in [3.63, 3.8) is 0 Å². The Morgan fingerprint density at radius 3 is 2.81 bits per heavy atom. The van der Waals surface area contributed by atoms with Crippen LogP contribution in [0.25, 0.3) is 11.3 Å². The van der Waals surface area contributed by atoms with Crippen molar-refractivity contribution in [2.24, 2.45) is 0 Å². The molecule has 5 heteroatoms. The molecule has 0 aliphatic carbocycles. The Morgan fingerprint density at radius 2 is 2.12 bits per heavy atom. The van der Waals surface area contributed by atoms with Gasteiger partial charge in [0.15, 0.2) is 5.51 Å². The minimum Gasteiger partial charge on any atom is -0.396 e. The van der Waals surface area contributed by atoms with E-state index in [0.29, 0.717) is 16.5 Å². The second-order valence-corrected chi connectivity index (χ2v) is 4.87. The first kappa shape index (κ1) is 11.9. The van der Waals surface area contributed by atoms with Gasteiger partial charge in [0.2, 0.25) is 0 Å². The van der Waals surface area contributed by atoms with E-state index in [0.717, 1.165) is 16.1 Å². The summed E-state index contributed by atoms with van der Waals surface area (Å²) in [5.74, 6) is 0. The van der Waals surface area contributed by atoms with Gasteiger partial charge in [0.1, 0.15) is 0 Å². The molecule has 0 spiro atoms. The molecule has 0 saturated heterocycles. The van der Waals surface area contributed by atoms with Crippen LogP contribution in [0.15, 0.2) is 18.2 Å². The highest BCUT2D eigenvalue weighted by Crippen LogP contribution is 2.30. The minimum absolute atomic E-state index is 0.102. The van der Waals surface area contributed by atoms with Gasteiger partial charge in [0, 0.05) is 23.5 Å². The van der Waals surface area contributed by atoms with Gasteiger partial charge in [-0.3, -0.25) is 0 Å². The Bertz CT molecular complexity index is 498. The van der Waals surface area contributed by atoms with Crippen LogP contribution in [0.5, 0.6) is 0 Å². The number of aliphatic hydroxyl groups is 1. The molecule has 0 unspecified atom stereocenters. The van der Waals surface area contributed by atoms with Gasteiger partial charge < -0.3 is 5.11 Å². The molecule has 0 saturated carbocycles. The second kappa shape index (κ2) is 5.15. The van der Waals surface area contributed by atoms with Crippen molar-refractivity contribution in [1.29, 1.82) is 0 Å². The Kier molecular flexibility index (Phi) is 3.82. The van der Waals surface area contributed by atoms with Gasteiger partial charge in [-0.2, -0.15) is 0 Å². The number of benzene rings is 1. The summed E-state index contributed by atoms with van der Waals surface area (Å²) < 4.78 is 0. The highest BCUT2D eigenvalue weighted by molar-refractivity contribution is 7.09. The lowest BCUT2D eigenvalue weighted by Crippen LogP contribution is -1.90. The highest BCUT2D eigenvalue weighted by atomic mass is 35.5. The molecule has 0 fully saturated rings. The number of rotatable bonds is 3. The summed E-state index contributed by atoms with van der Waals surface area (Å²) in [5, 5.41) is 9.95. The molecule has 83 valence electrons. The molecular weight excluding hydrogens is 265 g/mol.